The zero-order valence-electron chi connectivity index (χ0n) is 17.5. The molecule has 0 saturated carbocycles. The van der Waals surface area contributed by atoms with Gasteiger partial charge in [0.2, 0.25) is 17.6 Å². The van der Waals surface area contributed by atoms with Crippen LogP contribution in [-0.2, 0) is 17.6 Å². The predicted molar refractivity (Wildman–Crippen MR) is 114 cm³/mol. The summed E-state index contributed by atoms with van der Waals surface area (Å²) in [6, 6.07) is 18.3. The number of hydrogen-bond donors (Lipinski definition) is 0. The van der Waals surface area contributed by atoms with E-state index in [9.17, 15) is 4.79 Å². The molecule has 3 rings (SSSR count). The molecule has 1 atom stereocenters. The van der Waals surface area contributed by atoms with Gasteiger partial charge in [-0.05, 0) is 32.3 Å². The van der Waals surface area contributed by atoms with Crippen LogP contribution in [0.15, 0.2) is 59.1 Å². The Morgan fingerprint density at radius 2 is 1.79 bits per heavy atom. The van der Waals surface area contributed by atoms with Crippen molar-refractivity contribution in [3.63, 3.8) is 0 Å². The summed E-state index contributed by atoms with van der Waals surface area (Å²) < 4.78 is 5.42. The van der Waals surface area contributed by atoms with Gasteiger partial charge in [0.15, 0.2) is 0 Å². The Kier molecular flexibility index (Phi) is 7.17. The minimum atomic E-state index is 0.168. The van der Waals surface area contributed by atoms with E-state index in [0.29, 0.717) is 31.1 Å². The van der Waals surface area contributed by atoms with E-state index < -0.39 is 0 Å². The number of benzene rings is 2. The largest absolute Gasteiger partial charge is 0.339 e. The Bertz CT molecular complexity index is 903. The maximum atomic E-state index is 12.9. The fourth-order valence-electron chi connectivity index (χ4n) is 3.24. The van der Waals surface area contributed by atoms with E-state index in [1.807, 2.05) is 54.3 Å². The zero-order valence-corrected chi connectivity index (χ0v) is 17.5. The minimum absolute atomic E-state index is 0.168. The molecule has 1 unspecified atom stereocenters. The fraction of sp³-hybridized carbons (Fsp3) is 0.375. The molecule has 5 heteroatoms. The van der Waals surface area contributed by atoms with Gasteiger partial charge in [-0.25, -0.2) is 0 Å². The van der Waals surface area contributed by atoms with E-state index in [1.54, 1.807) is 0 Å². The van der Waals surface area contributed by atoms with Crippen molar-refractivity contribution in [1.29, 1.82) is 0 Å². The molecule has 0 spiro atoms. The van der Waals surface area contributed by atoms with E-state index in [2.05, 4.69) is 36.1 Å². The lowest BCUT2D eigenvalue weighted by Crippen LogP contribution is -2.40. The van der Waals surface area contributed by atoms with Crippen LogP contribution in [-0.4, -0.2) is 33.5 Å². The Hall–Kier alpha value is -2.95. The van der Waals surface area contributed by atoms with E-state index in [1.165, 1.54) is 11.1 Å². The van der Waals surface area contributed by atoms with E-state index in [4.69, 9.17) is 4.52 Å². The van der Waals surface area contributed by atoms with Crippen molar-refractivity contribution >= 4 is 5.91 Å². The van der Waals surface area contributed by atoms with Crippen molar-refractivity contribution in [2.45, 2.75) is 52.5 Å². The van der Waals surface area contributed by atoms with Crippen LogP contribution >= 0.6 is 0 Å². The number of carbonyl (C=O) groups excluding carboxylic acids is 1. The molecule has 0 aliphatic carbocycles. The lowest BCUT2D eigenvalue weighted by atomic mass is 10.1. The molecule has 5 nitrogen and oxygen atoms in total. The van der Waals surface area contributed by atoms with E-state index >= 15 is 0 Å². The predicted octanol–water partition coefficient (Wildman–Crippen LogP) is 4.85. The number of aryl methyl sites for hydroxylation is 2. The second-order valence-electron chi connectivity index (χ2n) is 7.46. The molecule has 0 radical (unpaired) electrons. The Labute approximate surface area is 172 Å². The summed E-state index contributed by atoms with van der Waals surface area (Å²) in [7, 11) is 0. The van der Waals surface area contributed by atoms with Gasteiger partial charge in [-0.15, -0.1) is 0 Å². The minimum Gasteiger partial charge on any atom is -0.339 e. The summed E-state index contributed by atoms with van der Waals surface area (Å²) in [5.74, 6) is 1.32. The highest BCUT2D eigenvalue weighted by molar-refractivity contribution is 5.76. The van der Waals surface area contributed by atoms with E-state index in [0.717, 1.165) is 18.4 Å². The Morgan fingerprint density at radius 1 is 1.07 bits per heavy atom. The van der Waals surface area contributed by atoms with Gasteiger partial charge in [-0.1, -0.05) is 72.2 Å². The summed E-state index contributed by atoms with van der Waals surface area (Å²) in [5.41, 5.74) is 3.31. The van der Waals surface area contributed by atoms with Crippen LogP contribution < -0.4 is 0 Å². The molecule has 29 heavy (non-hydrogen) atoms. The molecule has 0 aliphatic heterocycles. The third-order valence-corrected chi connectivity index (χ3v) is 5.26. The first-order valence-electron chi connectivity index (χ1n) is 10.3. The van der Waals surface area contributed by atoms with Gasteiger partial charge in [0.25, 0.3) is 0 Å². The Balaban J connectivity index is 1.60. The molecule has 1 aromatic heterocycles. The molecule has 3 aromatic rings. The number of hydrogen-bond acceptors (Lipinski definition) is 4. The van der Waals surface area contributed by atoms with Crippen LogP contribution in [0.3, 0.4) is 0 Å². The monoisotopic (exact) mass is 391 g/mol. The summed E-state index contributed by atoms with van der Waals surface area (Å²) in [6.45, 7) is 6.82. The maximum absolute atomic E-state index is 12.9. The molecule has 0 saturated heterocycles. The van der Waals surface area contributed by atoms with Gasteiger partial charge in [0, 0.05) is 31.0 Å². The first kappa shape index (κ1) is 20.8. The number of rotatable bonds is 9. The SMILES string of the molecule is CCC(C)N(CCc1nc(-c2ccc(C)cc2)no1)C(=O)CCc1ccccc1. The molecule has 2 aromatic carbocycles. The summed E-state index contributed by atoms with van der Waals surface area (Å²) >= 11 is 0. The normalized spacial score (nSPS) is 12.0. The topological polar surface area (TPSA) is 59.2 Å². The molecule has 1 heterocycles. The van der Waals surface area contributed by atoms with Crippen LogP contribution in [0.1, 0.15) is 43.7 Å². The van der Waals surface area contributed by atoms with Gasteiger partial charge < -0.3 is 9.42 Å². The molecule has 0 fully saturated rings. The van der Waals surface area contributed by atoms with Crippen molar-refractivity contribution in [3.05, 3.63) is 71.6 Å². The van der Waals surface area contributed by atoms with Gasteiger partial charge in [-0.3, -0.25) is 4.79 Å². The number of carbonyl (C=O) groups is 1. The van der Waals surface area contributed by atoms with Crippen molar-refractivity contribution < 1.29 is 9.32 Å². The Morgan fingerprint density at radius 3 is 2.48 bits per heavy atom. The average Bonchev–Trinajstić information content (AvgIpc) is 3.22. The summed E-state index contributed by atoms with van der Waals surface area (Å²) in [6.07, 6.45) is 2.73. The smallest absolute Gasteiger partial charge is 0.228 e. The summed E-state index contributed by atoms with van der Waals surface area (Å²) in [4.78, 5) is 19.3. The zero-order chi connectivity index (χ0) is 20.6. The number of amides is 1. The standard InChI is InChI=1S/C24H29N3O2/c1-4-19(3)27(23(28)15-12-20-8-6-5-7-9-20)17-16-22-25-24(26-29-22)21-13-10-18(2)11-14-21/h5-11,13-14,19H,4,12,15-17H2,1-3H3. The molecule has 1 amide bonds. The molecular formula is C24H29N3O2. The third-order valence-electron chi connectivity index (χ3n) is 5.26. The second kappa shape index (κ2) is 10.0. The highest BCUT2D eigenvalue weighted by atomic mass is 16.5. The first-order chi connectivity index (χ1) is 14.1. The van der Waals surface area contributed by atoms with Gasteiger partial charge in [0.1, 0.15) is 0 Å². The van der Waals surface area contributed by atoms with Gasteiger partial charge in [-0.2, -0.15) is 4.98 Å². The fourth-order valence-corrected chi connectivity index (χ4v) is 3.24. The van der Waals surface area contributed by atoms with E-state index in [-0.39, 0.29) is 11.9 Å². The lowest BCUT2D eigenvalue weighted by molar-refractivity contribution is -0.133. The van der Waals surface area contributed by atoms with Crippen molar-refractivity contribution in [2.75, 3.05) is 6.54 Å². The van der Waals surface area contributed by atoms with Crippen LogP contribution in [0.25, 0.3) is 11.4 Å². The highest BCUT2D eigenvalue weighted by Gasteiger charge is 2.20. The quantitative estimate of drug-likeness (QED) is 0.523. The van der Waals surface area contributed by atoms with Crippen LogP contribution in [0.2, 0.25) is 0 Å². The van der Waals surface area contributed by atoms with Crippen LogP contribution in [0.5, 0.6) is 0 Å². The molecule has 0 N–H and O–H groups in total. The van der Waals surface area contributed by atoms with Crippen LogP contribution in [0, 0.1) is 6.92 Å². The summed E-state index contributed by atoms with van der Waals surface area (Å²) in [5, 5.41) is 4.09. The van der Waals surface area contributed by atoms with Gasteiger partial charge >= 0.3 is 0 Å². The molecule has 152 valence electrons. The van der Waals surface area contributed by atoms with Crippen LogP contribution in [0.4, 0.5) is 0 Å². The maximum Gasteiger partial charge on any atom is 0.228 e. The highest BCUT2D eigenvalue weighted by Crippen LogP contribution is 2.17. The van der Waals surface area contributed by atoms with Gasteiger partial charge in [0.05, 0.1) is 0 Å². The third kappa shape index (κ3) is 5.76. The first-order valence-corrected chi connectivity index (χ1v) is 10.3. The molecular weight excluding hydrogens is 362 g/mol. The number of aromatic nitrogens is 2. The molecule has 0 aliphatic rings. The van der Waals surface area contributed by atoms with Crippen molar-refractivity contribution in [1.82, 2.24) is 15.0 Å². The molecule has 0 bridgehead atoms. The van der Waals surface area contributed by atoms with Crippen molar-refractivity contribution in [2.24, 2.45) is 0 Å². The lowest BCUT2D eigenvalue weighted by Gasteiger charge is -2.28. The number of nitrogens with zero attached hydrogens (tertiary/aromatic N) is 3. The van der Waals surface area contributed by atoms with Crippen molar-refractivity contribution in [3.8, 4) is 11.4 Å². The average molecular weight is 392 g/mol. The second-order valence-corrected chi connectivity index (χ2v) is 7.46.